The molecule has 0 bridgehead atoms. The quantitative estimate of drug-likeness (QED) is 0.538. The van der Waals surface area contributed by atoms with Crippen LogP contribution in [0.3, 0.4) is 0 Å². The van der Waals surface area contributed by atoms with Gasteiger partial charge in [0.05, 0.1) is 21.7 Å². The molecule has 1 amide bonds. The number of carbonyl (C=O) groups is 1. The van der Waals surface area contributed by atoms with E-state index in [4.69, 9.17) is 11.6 Å². The zero-order chi connectivity index (χ0) is 20.7. The third-order valence-corrected chi connectivity index (χ3v) is 5.09. The van der Waals surface area contributed by atoms with Gasteiger partial charge < -0.3 is 9.88 Å². The number of para-hydroxylation sites is 2. The van der Waals surface area contributed by atoms with Gasteiger partial charge in [0.1, 0.15) is 12.4 Å². The van der Waals surface area contributed by atoms with Crippen molar-refractivity contribution in [3.05, 3.63) is 81.0 Å². The van der Waals surface area contributed by atoms with Crippen LogP contribution in [-0.2, 0) is 11.3 Å². The number of rotatable bonds is 3. The molecule has 1 N–H and O–H groups in total. The van der Waals surface area contributed by atoms with Gasteiger partial charge in [-0.25, -0.2) is 4.39 Å². The summed E-state index contributed by atoms with van der Waals surface area (Å²) in [5.74, 6) is -0.902. The molecule has 2 aromatic heterocycles. The number of hydrogen-bond donors (Lipinski definition) is 1. The number of fused-ring (bicyclic) bond motifs is 2. The number of hydrogen-bond acceptors (Lipinski definition) is 3. The van der Waals surface area contributed by atoms with Crippen LogP contribution >= 0.6 is 11.6 Å². The first kappa shape index (κ1) is 19.1. The fourth-order valence-corrected chi connectivity index (χ4v) is 3.71. The topological polar surface area (TPSA) is 64.0 Å². The fourth-order valence-electron chi connectivity index (χ4n) is 3.49. The molecule has 0 saturated carbocycles. The van der Waals surface area contributed by atoms with Crippen LogP contribution in [0.1, 0.15) is 11.4 Å². The van der Waals surface area contributed by atoms with E-state index in [1.165, 1.54) is 22.8 Å². The smallest absolute Gasteiger partial charge is 0.244 e. The van der Waals surface area contributed by atoms with Crippen molar-refractivity contribution in [2.75, 3.05) is 5.32 Å². The minimum absolute atomic E-state index is 0.117. The summed E-state index contributed by atoms with van der Waals surface area (Å²) in [6, 6.07) is 12.8. The minimum atomic E-state index is -0.548. The van der Waals surface area contributed by atoms with E-state index in [-0.39, 0.29) is 28.8 Å². The molecule has 0 unspecified atom stereocenters. The molecule has 0 radical (unpaired) electrons. The average molecular weight is 410 g/mol. The Bertz CT molecular complexity index is 1350. The number of nitrogens with one attached hydrogen (secondary N) is 1. The van der Waals surface area contributed by atoms with E-state index in [2.05, 4.69) is 10.3 Å². The van der Waals surface area contributed by atoms with Crippen LogP contribution in [0.5, 0.6) is 0 Å². The summed E-state index contributed by atoms with van der Waals surface area (Å²) >= 11 is 6.24. The Morgan fingerprint density at radius 1 is 1.14 bits per heavy atom. The Hall–Kier alpha value is -3.25. The highest BCUT2D eigenvalue weighted by atomic mass is 35.5. The highest BCUT2D eigenvalue weighted by Gasteiger charge is 2.15. The first-order chi connectivity index (χ1) is 13.8. The van der Waals surface area contributed by atoms with Crippen molar-refractivity contribution in [2.24, 2.45) is 0 Å². The Morgan fingerprint density at radius 3 is 2.66 bits per heavy atom. The van der Waals surface area contributed by atoms with E-state index in [1.54, 1.807) is 31.2 Å². The van der Waals surface area contributed by atoms with E-state index in [1.807, 2.05) is 13.0 Å². The van der Waals surface area contributed by atoms with Crippen molar-refractivity contribution in [3.63, 3.8) is 0 Å². The molecule has 0 aliphatic rings. The third-order valence-electron chi connectivity index (χ3n) is 4.78. The summed E-state index contributed by atoms with van der Waals surface area (Å²) in [4.78, 5) is 29.5. The summed E-state index contributed by atoms with van der Waals surface area (Å²) in [5.41, 5.74) is 2.22. The molecule has 0 aliphatic heterocycles. The third kappa shape index (κ3) is 3.47. The van der Waals surface area contributed by atoms with Gasteiger partial charge in [0.2, 0.25) is 5.91 Å². The lowest BCUT2D eigenvalue weighted by Gasteiger charge is -2.16. The monoisotopic (exact) mass is 409 g/mol. The number of amides is 1. The molecule has 4 rings (SSSR count). The van der Waals surface area contributed by atoms with Crippen molar-refractivity contribution < 1.29 is 9.18 Å². The van der Waals surface area contributed by atoms with Crippen molar-refractivity contribution in [1.82, 2.24) is 9.55 Å². The maximum absolute atomic E-state index is 14.5. The summed E-state index contributed by atoms with van der Waals surface area (Å²) in [7, 11) is 0. The van der Waals surface area contributed by atoms with Gasteiger partial charge in [-0.15, -0.1) is 0 Å². The van der Waals surface area contributed by atoms with E-state index in [9.17, 15) is 14.0 Å². The normalized spacial score (nSPS) is 11.2. The summed E-state index contributed by atoms with van der Waals surface area (Å²) in [5, 5.41) is 4.31. The van der Waals surface area contributed by atoms with Gasteiger partial charge in [-0.3, -0.25) is 14.6 Å². The summed E-state index contributed by atoms with van der Waals surface area (Å²) in [6.07, 6.45) is 0. The van der Waals surface area contributed by atoms with Gasteiger partial charge in [0.25, 0.3) is 0 Å². The lowest BCUT2D eigenvalue weighted by molar-refractivity contribution is -0.116. The van der Waals surface area contributed by atoms with Gasteiger partial charge >= 0.3 is 0 Å². The molecule has 5 nitrogen and oxygen atoms in total. The predicted octanol–water partition coefficient (Wildman–Crippen LogP) is 4.60. The largest absolute Gasteiger partial charge is 0.333 e. The van der Waals surface area contributed by atoms with Gasteiger partial charge in [0, 0.05) is 28.2 Å². The number of carbonyl (C=O) groups excluding carboxylic acids is 1. The first-order valence-corrected chi connectivity index (χ1v) is 9.37. The number of aryl methyl sites for hydroxylation is 2. The molecule has 0 atom stereocenters. The molecule has 146 valence electrons. The van der Waals surface area contributed by atoms with Crippen molar-refractivity contribution in [2.45, 2.75) is 20.4 Å². The van der Waals surface area contributed by atoms with Crippen LogP contribution in [0.2, 0.25) is 5.02 Å². The fraction of sp³-hybridized carbons (Fsp3) is 0.136. The van der Waals surface area contributed by atoms with Gasteiger partial charge in [-0.05, 0) is 38.1 Å². The zero-order valence-corrected chi connectivity index (χ0v) is 16.5. The second-order valence-electron chi connectivity index (χ2n) is 6.87. The Morgan fingerprint density at radius 2 is 1.86 bits per heavy atom. The van der Waals surface area contributed by atoms with Crippen LogP contribution in [-0.4, -0.2) is 15.5 Å². The van der Waals surface area contributed by atoms with Crippen LogP contribution in [0.15, 0.2) is 53.3 Å². The molecule has 4 aromatic rings. The molecule has 29 heavy (non-hydrogen) atoms. The maximum Gasteiger partial charge on any atom is 0.244 e. The molecule has 0 aliphatic carbocycles. The zero-order valence-electron chi connectivity index (χ0n) is 15.8. The number of anilines is 1. The van der Waals surface area contributed by atoms with E-state index in [0.29, 0.717) is 33.0 Å². The minimum Gasteiger partial charge on any atom is -0.333 e. The second-order valence-corrected chi connectivity index (χ2v) is 7.27. The van der Waals surface area contributed by atoms with Gasteiger partial charge in [0.15, 0.2) is 5.43 Å². The molecule has 2 heterocycles. The number of nitrogens with zero attached hydrogens (tertiary/aromatic N) is 2. The highest BCUT2D eigenvalue weighted by molar-refractivity contribution is 6.35. The number of pyridine rings is 2. The van der Waals surface area contributed by atoms with Crippen molar-refractivity contribution >= 4 is 45.0 Å². The van der Waals surface area contributed by atoms with Crippen LogP contribution in [0.25, 0.3) is 21.8 Å². The van der Waals surface area contributed by atoms with E-state index in [0.717, 1.165) is 0 Å². The van der Waals surface area contributed by atoms with Gasteiger partial charge in [-0.1, -0.05) is 29.8 Å². The predicted molar refractivity (Wildman–Crippen MR) is 113 cm³/mol. The SMILES string of the molecule is Cc1cc(NC(=O)Cn2c(C)cc(=O)c3cccc(F)c32)c2cccc(Cl)c2n1. The van der Waals surface area contributed by atoms with E-state index >= 15 is 0 Å². The molecule has 0 saturated heterocycles. The number of halogens is 2. The Kier molecular flexibility index (Phi) is 4.80. The lowest BCUT2D eigenvalue weighted by Crippen LogP contribution is -2.23. The maximum atomic E-state index is 14.5. The van der Waals surface area contributed by atoms with Crippen molar-refractivity contribution in [3.8, 4) is 0 Å². The number of aromatic nitrogens is 2. The molecule has 7 heteroatoms. The Labute approximate surface area is 170 Å². The Balaban J connectivity index is 1.75. The van der Waals surface area contributed by atoms with E-state index < -0.39 is 5.82 Å². The standard InChI is InChI=1S/C22H17ClFN3O2/c1-12-9-18(14-5-3-7-16(23)21(14)25-12)26-20(29)11-27-13(2)10-19(28)15-6-4-8-17(24)22(15)27/h3-10H,11H2,1-2H3,(H,25,26,29). The molecular formula is C22H17ClFN3O2. The van der Waals surface area contributed by atoms with Crippen LogP contribution in [0, 0.1) is 19.7 Å². The van der Waals surface area contributed by atoms with Crippen LogP contribution in [0.4, 0.5) is 10.1 Å². The second kappa shape index (κ2) is 7.29. The van der Waals surface area contributed by atoms with Crippen LogP contribution < -0.4 is 10.7 Å². The first-order valence-electron chi connectivity index (χ1n) is 8.99. The molecule has 2 aromatic carbocycles. The highest BCUT2D eigenvalue weighted by Crippen LogP contribution is 2.28. The number of benzene rings is 2. The summed E-state index contributed by atoms with van der Waals surface area (Å²) in [6.45, 7) is 3.34. The van der Waals surface area contributed by atoms with Crippen molar-refractivity contribution in [1.29, 1.82) is 0 Å². The lowest BCUT2D eigenvalue weighted by atomic mass is 10.1. The molecule has 0 spiro atoms. The molecule has 0 fully saturated rings. The molecular weight excluding hydrogens is 393 g/mol. The average Bonchev–Trinajstić information content (AvgIpc) is 2.66. The summed E-state index contributed by atoms with van der Waals surface area (Å²) < 4.78 is 16.0. The van der Waals surface area contributed by atoms with Gasteiger partial charge in [-0.2, -0.15) is 0 Å².